The van der Waals surface area contributed by atoms with E-state index in [4.69, 9.17) is 22.3 Å². The summed E-state index contributed by atoms with van der Waals surface area (Å²) in [6, 6.07) is 10.3. The predicted molar refractivity (Wildman–Crippen MR) is 99.9 cm³/mol. The van der Waals surface area contributed by atoms with E-state index in [-0.39, 0.29) is 11.1 Å². The van der Waals surface area contributed by atoms with Crippen LogP contribution in [-0.4, -0.2) is 37.4 Å². The first kappa shape index (κ1) is 24.4. The lowest BCUT2D eigenvalue weighted by Crippen LogP contribution is -2.44. The van der Waals surface area contributed by atoms with Crippen molar-refractivity contribution in [1.29, 1.82) is 0 Å². The van der Waals surface area contributed by atoms with Gasteiger partial charge < -0.3 is 9.08 Å². The molecule has 0 aromatic heterocycles. The molecule has 1 heterocycles. The van der Waals surface area contributed by atoms with Gasteiger partial charge in [0.2, 0.25) is 6.10 Å². The Labute approximate surface area is 164 Å². The van der Waals surface area contributed by atoms with E-state index < -0.39 is 23.9 Å². The maximum absolute atomic E-state index is 10.7. The first-order valence-electron chi connectivity index (χ1n) is 8.51. The Hall–Kier alpha value is -1.59. The molecule has 0 N–H and O–H groups in total. The Kier molecular flexibility index (Phi) is 7.35. The second kappa shape index (κ2) is 8.42. The number of hydrogen-bond donors (Lipinski definition) is 0. The Bertz CT molecular complexity index is 802. The molecule has 0 saturated carbocycles. The van der Waals surface area contributed by atoms with Gasteiger partial charge in [-0.05, 0) is 18.1 Å². The van der Waals surface area contributed by atoms with E-state index in [9.17, 15) is 13.2 Å². The molecule has 160 valence electrons. The molecule has 0 fully saturated rings. The molecule has 6 nitrogen and oxygen atoms in total. The monoisotopic (exact) mass is 441 g/mol. The molecule has 1 unspecified atom stereocenters. The largest absolute Gasteiger partial charge is 0.741 e. The highest BCUT2D eigenvalue weighted by atomic mass is 32.2. The van der Waals surface area contributed by atoms with Crippen LogP contribution in [0.15, 0.2) is 30.3 Å². The maximum Gasteiger partial charge on any atom is 0.485 e. The number of hydrogen-bond acceptors (Lipinski definition) is 5. The second-order valence-electron chi connectivity index (χ2n) is 7.95. The molecule has 0 aliphatic carbocycles. The summed E-state index contributed by atoms with van der Waals surface area (Å²) < 4.78 is 65.1. The van der Waals surface area contributed by atoms with Gasteiger partial charge in [0.25, 0.3) is 5.71 Å². The molecule has 1 aliphatic rings. The summed E-state index contributed by atoms with van der Waals surface area (Å²) in [6.45, 7) is 13.3. The second-order valence-corrected chi connectivity index (χ2v) is 14.0. The van der Waals surface area contributed by atoms with E-state index >= 15 is 0 Å². The molecule has 1 aromatic carbocycles. The number of rotatable bonds is 3. The summed E-state index contributed by atoms with van der Waals surface area (Å²) in [4.78, 5) is 7.68. The lowest BCUT2D eigenvalue weighted by molar-refractivity contribution is -0.945. The molecule has 0 radical (unpaired) electrons. The zero-order chi connectivity index (χ0) is 22.0. The van der Waals surface area contributed by atoms with Crippen molar-refractivity contribution in [2.75, 3.05) is 0 Å². The molecule has 0 spiro atoms. The van der Waals surface area contributed by atoms with Gasteiger partial charge in [-0.25, -0.2) is 13.3 Å². The van der Waals surface area contributed by atoms with Crippen LogP contribution in [0.1, 0.15) is 45.8 Å². The Morgan fingerprint density at radius 3 is 2.04 bits per heavy atom. The zero-order valence-electron chi connectivity index (χ0n) is 16.7. The molecule has 11 heteroatoms. The molecule has 2 rings (SSSR count). The van der Waals surface area contributed by atoms with E-state index in [0.29, 0.717) is 0 Å². The van der Waals surface area contributed by atoms with Crippen molar-refractivity contribution >= 4 is 24.1 Å². The van der Waals surface area contributed by atoms with Crippen LogP contribution in [0, 0.1) is 0 Å². The van der Waals surface area contributed by atoms with Crippen LogP contribution in [0.4, 0.5) is 13.2 Å². The minimum Gasteiger partial charge on any atom is -0.741 e. The van der Waals surface area contributed by atoms with Crippen molar-refractivity contribution in [1.82, 2.24) is 0 Å². The van der Waals surface area contributed by atoms with Crippen LogP contribution < -0.4 is 0 Å². The molecule has 28 heavy (non-hydrogen) atoms. The minimum atomic E-state index is -6.09. The van der Waals surface area contributed by atoms with Gasteiger partial charge in [-0.3, -0.25) is 0 Å². The fourth-order valence-corrected chi connectivity index (χ4v) is 2.76. The minimum absolute atomic E-state index is 0.0703. The van der Waals surface area contributed by atoms with Crippen LogP contribution in [0.25, 0.3) is 0 Å². The summed E-state index contributed by atoms with van der Waals surface area (Å²) in [5, 5.41) is 0.168. The third-order valence-corrected chi connectivity index (χ3v) is 9.39. The highest BCUT2D eigenvalue weighted by Gasteiger charge is 2.48. The van der Waals surface area contributed by atoms with Gasteiger partial charge in [0.15, 0.2) is 15.0 Å². The molecular weight excluding hydrogens is 415 g/mol. The van der Waals surface area contributed by atoms with Crippen LogP contribution in [0.2, 0.25) is 18.1 Å². The number of halogens is 3. The summed E-state index contributed by atoms with van der Waals surface area (Å²) in [7, 11) is -7.95. The lowest BCUT2D eigenvalue weighted by Gasteiger charge is -2.30. The fraction of sp³-hybridized carbons (Fsp3) is 0.588. The first-order valence-corrected chi connectivity index (χ1v) is 12.8. The number of nitrogens with zero attached hydrogens (tertiary/aromatic N) is 1. The lowest BCUT2D eigenvalue weighted by atomic mass is 10.1. The fourth-order valence-electron chi connectivity index (χ4n) is 1.88. The third kappa shape index (κ3) is 6.49. The van der Waals surface area contributed by atoms with E-state index in [1.54, 1.807) is 4.90 Å². The molecule has 1 atom stereocenters. The average molecular weight is 442 g/mol. The highest BCUT2D eigenvalue weighted by molar-refractivity contribution is 7.86. The van der Waals surface area contributed by atoms with Crippen LogP contribution >= 0.6 is 0 Å². The normalized spacial score (nSPS) is 18.3. The summed E-state index contributed by atoms with van der Waals surface area (Å²) in [5.41, 5.74) is -3.30. The molecule has 0 bridgehead atoms. The van der Waals surface area contributed by atoms with Gasteiger partial charge in [-0.15, -0.1) is 0 Å². The van der Waals surface area contributed by atoms with Crippen LogP contribution in [0.5, 0.6) is 0 Å². The smallest absolute Gasteiger partial charge is 0.485 e. The average Bonchev–Trinajstić information content (AvgIpc) is 2.86. The van der Waals surface area contributed by atoms with Crippen molar-refractivity contribution in [3.8, 4) is 0 Å². The SMILES string of the molecule is CC1=[N+](O[Si](C)(C)C(C)(C)C)OC(c2ccccc2)C1.O=S(=O)([O-])C(F)(F)F. The molecule has 0 amide bonds. The molecule has 0 saturated heterocycles. The van der Waals surface area contributed by atoms with Gasteiger partial charge in [-0.1, -0.05) is 51.1 Å². The van der Waals surface area contributed by atoms with Gasteiger partial charge in [0, 0.05) is 12.5 Å². The van der Waals surface area contributed by atoms with Crippen molar-refractivity contribution in [2.45, 2.75) is 63.9 Å². The zero-order valence-corrected chi connectivity index (χ0v) is 18.5. The predicted octanol–water partition coefficient (Wildman–Crippen LogP) is 4.52. The third-order valence-electron chi connectivity index (χ3n) is 4.59. The van der Waals surface area contributed by atoms with E-state index in [1.807, 2.05) is 18.2 Å². The summed E-state index contributed by atoms with van der Waals surface area (Å²) in [6.07, 6.45) is 0.958. The maximum atomic E-state index is 10.7. The Balaban J connectivity index is 0.000000416. The van der Waals surface area contributed by atoms with Crippen molar-refractivity contribution in [3.63, 3.8) is 0 Å². The quantitative estimate of drug-likeness (QED) is 0.391. The van der Waals surface area contributed by atoms with E-state index in [0.717, 1.165) is 12.1 Å². The molecule has 1 aromatic rings. The van der Waals surface area contributed by atoms with E-state index in [2.05, 4.69) is 52.9 Å². The van der Waals surface area contributed by atoms with Gasteiger partial charge in [0.1, 0.15) is 0 Å². The van der Waals surface area contributed by atoms with Gasteiger partial charge in [0.05, 0.1) is 6.42 Å². The van der Waals surface area contributed by atoms with Crippen LogP contribution in [0.3, 0.4) is 0 Å². The van der Waals surface area contributed by atoms with E-state index in [1.165, 1.54) is 5.56 Å². The molecular formula is C17H26F3NO5SSi. The topological polar surface area (TPSA) is 78.7 Å². The highest BCUT2D eigenvalue weighted by Crippen LogP contribution is 2.38. The standard InChI is InChI=1S/C16H26NO2Si.CHF3O3S/c1-13-12-15(14-10-8-7-9-11-14)18-17(13)19-20(5,6)16(2,3)4;2-1(3,4)8(5,6)7/h7-11,15H,12H2,1-6H3;(H,5,6,7)/q+1;/p-1. The number of alkyl halides is 3. The van der Waals surface area contributed by atoms with Crippen molar-refractivity contribution in [2.24, 2.45) is 0 Å². The van der Waals surface area contributed by atoms with Crippen molar-refractivity contribution < 1.29 is 40.4 Å². The summed E-state index contributed by atoms with van der Waals surface area (Å²) >= 11 is 0. The Morgan fingerprint density at radius 2 is 1.64 bits per heavy atom. The summed E-state index contributed by atoms with van der Waals surface area (Å²) in [5.74, 6) is 0. The van der Waals surface area contributed by atoms with Gasteiger partial charge >= 0.3 is 13.8 Å². The van der Waals surface area contributed by atoms with Gasteiger partial charge in [-0.2, -0.15) is 13.2 Å². The Morgan fingerprint density at radius 1 is 1.18 bits per heavy atom. The molecule has 1 aliphatic heterocycles. The first-order chi connectivity index (χ1) is 12.5. The van der Waals surface area contributed by atoms with Crippen molar-refractivity contribution in [3.05, 3.63) is 35.9 Å². The number of benzene rings is 1. The van der Waals surface area contributed by atoms with Crippen LogP contribution in [-0.2, 0) is 19.5 Å².